The summed E-state index contributed by atoms with van der Waals surface area (Å²) in [5.74, 6) is 0. The van der Waals surface area contributed by atoms with Crippen molar-refractivity contribution in [3.63, 3.8) is 0 Å². The van der Waals surface area contributed by atoms with Gasteiger partial charge in [-0.05, 0) is 22.0 Å². The molecule has 2 rings (SSSR count). The molecule has 1 heterocycles. The van der Waals surface area contributed by atoms with E-state index in [1.807, 2.05) is 0 Å². The molecule has 0 aliphatic rings. The Morgan fingerprint density at radius 1 is 1.38 bits per heavy atom. The average Bonchev–Trinajstić information content (AvgIpc) is 2.64. The smallest absolute Gasteiger partial charge is 0.258 e. The average molecular weight is 321 g/mol. The van der Waals surface area contributed by atoms with Gasteiger partial charge in [0.1, 0.15) is 5.01 Å². The van der Waals surface area contributed by atoms with Crippen molar-refractivity contribution in [2.45, 2.75) is 0 Å². The summed E-state index contributed by atoms with van der Waals surface area (Å²) in [4.78, 5) is 10.2. The SMILES string of the molecule is O=[N+]([O-])c1cc(Cl)cc(-c2nnc(Br)s2)c1. The number of nitro groups is 1. The molecule has 0 atom stereocenters. The molecule has 0 amide bonds. The van der Waals surface area contributed by atoms with Crippen molar-refractivity contribution in [2.75, 3.05) is 0 Å². The summed E-state index contributed by atoms with van der Waals surface area (Å²) >= 11 is 10.2. The lowest BCUT2D eigenvalue weighted by atomic mass is 10.2. The number of nitro benzene ring substituents is 1. The number of aromatic nitrogens is 2. The number of halogens is 2. The Labute approximate surface area is 107 Å². The normalized spacial score (nSPS) is 10.4. The van der Waals surface area contributed by atoms with Gasteiger partial charge >= 0.3 is 0 Å². The molecule has 0 unspecified atom stereocenters. The molecule has 0 fully saturated rings. The third-order valence-corrected chi connectivity index (χ3v) is 3.36. The van der Waals surface area contributed by atoms with Crippen LogP contribution in [0.2, 0.25) is 5.02 Å². The highest BCUT2D eigenvalue weighted by Gasteiger charge is 2.12. The van der Waals surface area contributed by atoms with Crippen molar-refractivity contribution in [2.24, 2.45) is 0 Å². The number of nitrogens with zero attached hydrogens (tertiary/aromatic N) is 3. The molecule has 0 saturated heterocycles. The monoisotopic (exact) mass is 319 g/mol. The Hall–Kier alpha value is -1.05. The zero-order valence-corrected chi connectivity index (χ0v) is 10.7. The van der Waals surface area contributed by atoms with E-state index in [4.69, 9.17) is 11.6 Å². The van der Waals surface area contributed by atoms with E-state index in [0.717, 1.165) is 0 Å². The number of hydrogen-bond donors (Lipinski definition) is 0. The predicted molar refractivity (Wildman–Crippen MR) is 64.7 cm³/mol. The van der Waals surface area contributed by atoms with Crippen LogP contribution in [0.3, 0.4) is 0 Å². The van der Waals surface area contributed by atoms with Crippen LogP contribution in [0.1, 0.15) is 0 Å². The fourth-order valence-electron chi connectivity index (χ4n) is 1.13. The van der Waals surface area contributed by atoms with Gasteiger partial charge in [0, 0.05) is 22.7 Å². The molecule has 0 saturated carbocycles. The molecule has 0 N–H and O–H groups in total. The molecule has 0 aliphatic carbocycles. The molecule has 1 aromatic heterocycles. The summed E-state index contributed by atoms with van der Waals surface area (Å²) < 4.78 is 0.616. The molecular weight excluding hydrogens is 318 g/mol. The summed E-state index contributed by atoms with van der Waals surface area (Å²) in [5, 5.41) is 19.2. The highest BCUT2D eigenvalue weighted by molar-refractivity contribution is 9.11. The van der Waals surface area contributed by atoms with Crippen molar-refractivity contribution >= 4 is 44.6 Å². The molecule has 0 bridgehead atoms. The second-order valence-corrected chi connectivity index (χ2v) is 5.51. The standard InChI is InChI=1S/C8H3BrClN3O2S/c9-8-12-11-7(16-8)4-1-5(10)3-6(2-4)13(14)15/h1-3H. The van der Waals surface area contributed by atoms with Gasteiger partial charge in [0.2, 0.25) is 0 Å². The minimum atomic E-state index is -0.495. The van der Waals surface area contributed by atoms with Crippen LogP contribution in [0.4, 0.5) is 5.69 Å². The topological polar surface area (TPSA) is 68.9 Å². The lowest BCUT2D eigenvalue weighted by Gasteiger charge is -1.97. The molecule has 0 aliphatic heterocycles. The molecule has 2 aromatic rings. The van der Waals surface area contributed by atoms with Gasteiger partial charge in [-0.2, -0.15) is 0 Å². The van der Waals surface area contributed by atoms with Crippen LogP contribution in [-0.4, -0.2) is 15.1 Å². The summed E-state index contributed by atoms with van der Waals surface area (Å²) in [6.07, 6.45) is 0. The quantitative estimate of drug-likeness (QED) is 0.627. The van der Waals surface area contributed by atoms with E-state index < -0.39 is 4.92 Å². The molecule has 0 radical (unpaired) electrons. The molecule has 8 heteroatoms. The fraction of sp³-hybridized carbons (Fsp3) is 0. The van der Waals surface area contributed by atoms with E-state index in [1.54, 1.807) is 6.07 Å². The zero-order valence-electron chi connectivity index (χ0n) is 7.55. The van der Waals surface area contributed by atoms with Crippen LogP contribution < -0.4 is 0 Å². The number of benzene rings is 1. The Morgan fingerprint density at radius 2 is 2.12 bits per heavy atom. The maximum atomic E-state index is 10.6. The van der Waals surface area contributed by atoms with E-state index in [1.165, 1.54) is 23.5 Å². The summed E-state index contributed by atoms with van der Waals surface area (Å²) in [5.41, 5.74) is 0.524. The first kappa shape index (κ1) is 11.4. The van der Waals surface area contributed by atoms with Crippen LogP contribution in [-0.2, 0) is 0 Å². The van der Waals surface area contributed by atoms with Gasteiger partial charge < -0.3 is 0 Å². The van der Waals surface area contributed by atoms with Crippen molar-refractivity contribution < 1.29 is 4.92 Å². The van der Waals surface area contributed by atoms with Gasteiger partial charge in [0.05, 0.1) is 4.92 Å². The second-order valence-electron chi connectivity index (χ2n) is 2.82. The van der Waals surface area contributed by atoms with Crippen LogP contribution in [0, 0.1) is 10.1 Å². The van der Waals surface area contributed by atoms with Crippen LogP contribution in [0.25, 0.3) is 10.6 Å². The molecule has 82 valence electrons. The van der Waals surface area contributed by atoms with Gasteiger partial charge in [-0.1, -0.05) is 22.9 Å². The van der Waals surface area contributed by atoms with Gasteiger partial charge in [0.15, 0.2) is 3.92 Å². The van der Waals surface area contributed by atoms with E-state index in [2.05, 4.69) is 26.1 Å². The number of hydrogen-bond acceptors (Lipinski definition) is 5. The van der Waals surface area contributed by atoms with Crippen molar-refractivity contribution in [3.05, 3.63) is 37.3 Å². The van der Waals surface area contributed by atoms with E-state index >= 15 is 0 Å². The number of rotatable bonds is 2. The van der Waals surface area contributed by atoms with Crippen molar-refractivity contribution in [1.29, 1.82) is 0 Å². The molecule has 16 heavy (non-hydrogen) atoms. The molecule has 5 nitrogen and oxygen atoms in total. The van der Waals surface area contributed by atoms with Gasteiger partial charge in [0.25, 0.3) is 5.69 Å². The predicted octanol–water partition coefficient (Wildman–Crippen LogP) is 3.53. The summed E-state index contributed by atoms with van der Waals surface area (Å²) in [6, 6.07) is 4.32. The minimum Gasteiger partial charge on any atom is -0.258 e. The number of non-ortho nitro benzene ring substituents is 1. The lowest BCUT2D eigenvalue weighted by molar-refractivity contribution is -0.384. The molecule has 1 aromatic carbocycles. The fourth-order valence-corrected chi connectivity index (χ4v) is 2.45. The van der Waals surface area contributed by atoms with Crippen LogP contribution >= 0.6 is 38.9 Å². The first-order valence-electron chi connectivity index (χ1n) is 4.00. The van der Waals surface area contributed by atoms with Crippen molar-refractivity contribution in [1.82, 2.24) is 10.2 Å². The van der Waals surface area contributed by atoms with Crippen LogP contribution in [0.15, 0.2) is 22.1 Å². The van der Waals surface area contributed by atoms with Gasteiger partial charge in [-0.25, -0.2) is 0 Å². The first-order chi connectivity index (χ1) is 7.56. The third kappa shape index (κ3) is 2.37. The van der Waals surface area contributed by atoms with E-state index in [-0.39, 0.29) is 5.69 Å². The van der Waals surface area contributed by atoms with E-state index in [9.17, 15) is 10.1 Å². The van der Waals surface area contributed by atoms with Gasteiger partial charge in [-0.15, -0.1) is 10.2 Å². The molecular formula is C8H3BrClN3O2S. The van der Waals surface area contributed by atoms with Crippen LogP contribution in [0.5, 0.6) is 0 Å². The third-order valence-electron chi connectivity index (χ3n) is 1.74. The highest BCUT2D eigenvalue weighted by Crippen LogP contribution is 2.31. The maximum Gasteiger partial charge on any atom is 0.271 e. The molecule has 0 spiro atoms. The van der Waals surface area contributed by atoms with Crippen molar-refractivity contribution in [3.8, 4) is 10.6 Å². The Morgan fingerprint density at radius 3 is 2.69 bits per heavy atom. The second kappa shape index (κ2) is 4.44. The largest absolute Gasteiger partial charge is 0.271 e. The Kier molecular flexibility index (Phi) is 3.17. The maximum absolute atomic E-state index is 10.6. The first-order valence-corrected chi connectivity index (χ1v) is 5.99. The highest BCUT2D eigenvalue weighted by atomic mass is 79.9. The minimum absolute atomic E-state index is 0.0613. The van der Waals surface area contributed by atoms with Gasteiger partial charge in [-0.3, -0.25) is 10.1 Å². The summed E-state index contributed by atoms with van der Waals surface area (Å²) in [7, 11) is 0. The lowest BCUT2D eigenvalue weighted by Crippen LogP contribution is -1.88. The van der Waals surface area contributed by atoms with E-state index in [0.29, 0.717) is 19.5 Å². The zero-order chi connectivity index (χ0) is 11.7. The summed E-state index contributed by atoms with van der Waals surface area (Å²) in [6.45, 7) is 0. The Bertz CT molecular complexity index is 560. The Balaban J connectivity index is 2.53.